The number of carbonyl (C=O) groups is 1. The fraction of sp³-hybridized carbons (Fsp3) is 0.529. The first kappa shape index (κ1) is 12.6. The van der Waals surface area contributed by atoms with Crippen molar-refractivity contribution in [1.82, 2.24) is 19.6 Å². The zero-order chi connectivity index (χ0) is 14.7. The van der Waals surface area contributed by atoms with Gasteiger partial charge in [-0.2, -0.15) is 0 Å². The van der Waals surface area contributed by atoms with Gasteiger partial charge in [0.1, 0.15) is 5.69 Å². The Hall–Kier alpha value is -1.88. The van der Waals surface area contributed by atoms with Gasteiger partial charge in [0.25, 0.3) is 5.91 Å². The molecule has 0 radical (unpaired) electrons. The molecule has 1 amide bonds. The third kappa shape index (κ3) is 1.69. The minimum atomic E-state index is -0.0197. The molecule has 0 unspecified atom stereocenters. The summed E-state index contributed by atoms with van der Waals surface area (Å²) in [7, 11) is 0. The fourth-order valence-corrected chi connectivity index (χ4v) is 4.60. The number of hydrogen-bond acceptors (Lipinski definition) is 3. The lowest BCUT2D eigenvalue weighted by molar-refractivity contribution is -0.00152. The number of fused-ring (bicyclic) bond motifs is 3. The highest BCUT2D eigenvalue weighted by Crippen LogP contribution is 2.53. The van der Waals surface area contributed by atoms with Gasteiger partial charge in [0.15, 0.2) is 0 Å². The molecule has 4 aliphatic rings. The second-order valence-electron chi connectivity index (χ2n) is 6.99. The van der Waals surface area contributed by atoms with Crippen LogP contribution in [0.2, 0.25) is 0 Å². The molecule has 1 N–H and O–H groups in total. The van der Waals surface area contributed by atoms with E-state index in [0.717, 1.165) is 5.52 Å². The standard InChI is InChI=1S/C17H20N4O/c22-16(14-10-13-2-1-7-20(13)11-18-14)19-15-12-3-8-21(9-4-12)17(15)5-6-17/h1-2,7,10-12,15H,3-6,8-9H2,(H,19,22)/t15-/m1/s1. The fourth-order valence-electron chi connectivity index (χ4n) is 4.60. The molecule has 3 saturated heterocycles. The summed E-state index contributed by atoms with van der Waals surface area (Å²) < 4.78 is 1.92. The van der Waals surface area contributed by atoms with Crippen LogP contribution in [0.4, 0.5) is 0 Å². The van der Waals surface area contributed by atoms with E-state index < -0.39 is 0 Å². The minimum Gasteiger partial charge on any atom is -0.346 e. The summed E-state index contributed by atoms with van der Waals surface area (Å²) in [4.78, 5) is 19.6. The quantitative estimate of drug-likeness (QED) is 0.917. The first-order valence-electron chi connectivity index (χ1n) is 8.25. The van der Waals surface area contributed by atoms with Gasteiger partial charge in [0, 0.05) is 17.3 Å². The average molecular weight is 296 g/mol. The van der Waals surface area contributed by atoms with Crippen LogP contribution < -0.4 is 5.32 Å². The maximum absolute atomic E-state index is 12.7. The van der Waals surface area contributed by atoms with Crippen LogP contribution in [-0.2, 0) is 0 Å². The molecule has 1 aliphatic carbocycles. The van der Waals surface area contributed by atoms with E-state index in [2.05, 4.69) is 15.2 Å². The van der Waals surface area contributed by atoms with Crippen molar-refractivity contribution in [3.8, 4) is 0 Å². The van der Waals surface area contributed by atoms with Crippen molar-refractivity contribution in [3.63, 3.8) is 0 Å². The van der Waals surface area contributed by atoms with Crippen molar-refractivity contribution in [2.75, 3.05) is 13.1 Å². The zero-order valence-corrected chi connectivity index (χ0v) is 12.5. The molecule has 0 aromatic carbocycles. The third-order valence-electron chi connectivity index (χ3n) is 5.92. The number of aromatic nitrogens is 2. The summed E-state index contributed by atoms with van der Waals surface area (Å²) in [5.41, 5.74) is 1.81. The minimum absolute atomic E-state index is 0.0197. The lowest BCUT2D eigenvalue weighted by atomic mass is 9.77. The molecular weight excluding hydrogens is 276 g/mol. The number of carbonyl (C=O) groups excluding carboxylic acids is 1. The average Bonchev–Trinajstić information content (AvgIpc) is 3.18. The molecule has 1 saturated carbocycles. The first-order valence-corrected chi connectivity index (χ1v) is 8.25. The Morgan fingerprint density at radius 3 is 2.91 bits per heavy atom. The van der Waals surface area contributed by atoms with Gasteiger partial charge in [-0.05, 0) is 62.9 Å². The van der Waals surface area contributed by atoms with Crippen molar-refractivity contribution in [2.45, 2.75) is 37.3 Å². The van der Waals surface area contributed by atoms with E-state index in [0.29, 0.717) is 17.7 Å². The summed E-state index contributed by atoms with van der Waals surface area (Å²) in [6, 6.07) is 6.14. The van der Waals surface area contributed by atoms with Crippen molar-refractivity contribution >= 4 is 11.4 Å². The highest BCUT2D eigenvalue weighted by atomic mass is 16.2. The van der Waals surface area contributed by atoms with Crippen LogP contribution in [0, 0.1) is 5.92 Å². The van der Waals surface area contributed by atoms with Crippen LogP contribution in [0.1, 0.15) is 36.2 Å². The van der Waals surface area contributed by atoms with E-state index >= 15 is 0 Å². The van der Waals surface area contributed by atoms with Crippen LogP contribution in [0.15, 0.2) is 30.7 Å². The van der Waals surface area contributed by atoms with E-state index in [9.17, 15) is 4.79 Å². The van der Waals surface area contributed by atoms with Crippen LogP contribution >= 0.6 is 0 Å². The summed E-state index contributed by atoms with van der Waals surface area (Å²) in [5.74, 6) is 0.627. The molecule has 114 valence electrons. The largest absolute Gasteiger partial charge is 0.346 e. The molecule has 1 atom stereocenters. The van der Waals surface area contributed by atoms with Crippen LogP contribution in [0.25, 0.3) is 5.52 Å². The Balaban J connectivity index is 1.42. The van der Waals surface area contributed by atoms with E-state index in [4.69, 9.17) is 0 Å². The SMILES string of the molecule is O=C(N[C@@H]1C2CCN(CC2)C12CC2)c1cc2cccn2cn1. The second kappa shape index (κ2) is 4.32. The number of hydrogen-bond donors (Lipinski definition) is 1. The monoisotopic (exact) mass is 296 g/mol. The lowest BCUT2D eigenvalue weighted by Crippen LogP contribution is -2.65. The molecule has 3 aliphatic heterocycles. The van der Waals surface area contributed by atoms with E-state index in [1.165, 1.54) is 38.8 Å². The van der Waals surface area contributed by atoms with Crippen LogP contribution in [-0.4, -0.2) is 44.9 Å². The van der Waals surface area contributed by atoms with Gasteiger partial charge in [-0.1, -0.05) is 0 Å². The van der Waals surface area contributed by atoms with Crippen LogP contribution in [0.5, 0.6) is 0 Å². The molecule has 6 rings (SSSR count). The number of nitrogens with one attached hydrogen (secondary N) is 1. The summed E-state index contributed by atoms with van der Waals surface area (Å²) in [6.07, 6.45) is 8.57. The molecule has 1 spiro atoms. The molecule has 2 aromatic heterocycles. The maximum atomic E-state index is 12.7. The topological polar surface area (TPSA) is 49.6 Å². The molecular formula is C17H20N4O. The first-order chi connectivity index (χ1) is 10.8. The molecule has 5 heteroatoms. The van der Waals surface area contributed by atoms with Crippen LogP contribution in [0.3, 0.4) is 0 Å². The molecule has 5 heterocycles. The normalized spacial score (nSPS) is 31.5. The van der Waals surface area contributed by atoms with Gasteiger partial charge in [0.05, 0.1) is 12.4 Å². The predicted octanol–water partition coefficient (Wildman–Crippen LogP) is 1.69. The highest BCUT2D eigenvalue weighted by molar-refractivity contribution is 5.93. The van der Waals surface area contributed by atoms with Crippen molar-refractivity contribution in [2.24, 2.45) is 5.92 Å². The van der Waals surface area contributed by atoms with Crippen molar-refractivity contribution in [3.05, 3.63) is 36.4 Å². The molecule has 4 fully saturated rings. The number of rotatable bonds is 2. The molecule has 2 aromatic rings. The Bertz CT molecular complexity index is 740. The van der Waals surface area contributed by atoms with Gasteiger partial charge in [-0.25, -0.2) is 4.98 Å². The summed E-state index contributed by atoms with van der Waals surface area (Å²) in [6.45, 7) is 2.43. The van der Waals surface area contributed by atoms with Crippen molar-refractivity contribution in [1.29, 1.82) is 0 Å². The van der Waals surface area contributed by atoms with Gasteiger partial charge in [-0.15, -0.1) is 0 Å². The molecule has 5 nitrogen and oxygen atoms in total. The molecule has 22 heavy (non-hydrogen) atoms. The van der Waals surface area contributed by atoms with Crippen molar-refractivity contribution < 1.29 is 4.79 Å². The van der Waals surface area contributed by atoms with E-state index in [1.807, 2.05) is 28.8 Å². The summed E-state index contributed by atoms with van der Waals surface area (Å²) >= 11 is 0. The van der Waals surface area contributed by atoms with Gasteiger partial charge >= 0.3 is 0 Å². The zero-order valence-electron chi connectivity index (χ0n) is 12.5. The second-order valence-corrected chi connectivity index (χ2v) is 6.99. The number of piperidine rings is 3. The molecule has 2 bridgehead atoms. The Kier molecular flexibility index (Phi) is 2.48. The predicted molar refractivity (Wildman–Crippen MR) is 82.7 cm³/mol. The summed E-state index contributed by atoms with van der Waals surface area (Å²) in [5, 5.41) is 3.32. The number of nitrogens with zero attached hydrogens (tertiary/aromatic N) is 3. The maximum Gasteiger partial charge on any atom is 0.270 e. The lowest BCUT2D eigenvalue weighted by Gasteiger charge is -2.52. The van der Waals surface area contributed by atoms with E-state index in [1.54, 1.807) is 6.33 Å². The Morgan fingerprint density at radius 1 is 1.32 bits per heavy atom. The highest BCUT2D eigenvalue weighted by Gasteiger charge is 2.60. The Morgan fingerprint density at radius 2 is 2.14 bits per heavy atom. The van der Waals surface area contributed by atoms with E-state index in [-0.39, 0.29) is 11.4 Å². The van der Waals surface area contributed by atoms with Gasteiger partial charge in [-0.3, -0.25) is 9.69 Å². The number of amides is 1. The smallest absolute Gasteiger partial charge is 0.270 e. The third-order valence-corrected chi connectivity index (χ3v) is 5.92. The van der Waals surface area contributed by atoms with Gasteiger partial charge < -0.3 is 9.72 Å². The van der Waals surface area contributed by atoms with Gasteiger partial charge in [0.2, 0.25) is 0 Å². The Labute approximate surface area is 129 Å².